The van der Waals surface area contributed by atoms with E-state index in [-0.39, 0.29) is 5.92 Å². The minimum absolute atomic E-state index is 0.0664. The maximum atomic E-state index is 12.7. The molecule has 0 aromatic heterocycles. The third-order valence-electron chi connectivity index (χ3n) is 4.51. The standard InChI is InChI=1S/C20H27N3O5S2/c1-15(2)18-11-6-7-12-19(18)23(30(5,27)28)14-20(24)21-16-9-8-10-17(13-16)22(3)29(4,25)26/h6-13,15H,14H2,1-5H3,(H,21,24). The van der Waals surface area contributed by atoms with Crippen molar-refractivity contribution in [3.8, 4) is 0 Å². The van der Waals surface area contributed by atoms with Crippen molar-refractivity contribution in [1.29, 1.82) is 0 Å². The summed E-state index contributed by atoms with van der Waals surface area (Å²) in [6, 6.07) is 13.4. The Morgan fingerprint density at radius 2 is 1.60 bits per heavy atom. The molecule has 1 N–H and O–H groups in total. The molecule has 2 aromatic rings. The molecule has 30 heavy (non-hydrogen) atoms. The van der Waals surface area contributed by atoms with E-state index in [9.17, 15) is 21.6 Å². The fourth-order valence-corrected chi connectivity index (χ4v) is 4.26. The molecule has 164 valence electrons. The number of nitrogens with zero attached hydrogens (tertiary/aromatic N) is 2. The Morgan fingerprint density at radius 1 is 0.967 bits per heavy atom. The Morgan fingerprint density at radius 3 is 2.17 bits per heavy atom. The highest BCUT2D eigenvalue weighted by molar-refractivity contribution is 7.92. The van der Waals surface area contributed by atoms with Crippen molar-refractivity contribution >= 4 is 43.0 Å². The van der Waals surface area contributed by atoms with Crippen LogP contribution in [0.25, 0.3) is 0 Å². The van der Waals surface area contributed by atoms with E-state index in [1.165, 1.54) is 13.1 Å². The number of nitrogens with one attached hydrogen (secondary N) is 1. The first-order valence-electron chi connectivity index (χ1n) is 9.21. The van der Waals surface area contributed by atoms with Gasteiger partial charge in [-0.05, 0) is 35.7 Å². The Labute approximate surface area is 178 Å². The quantitative estimate of drug-likeness (QED) is 0.662. The van der Waals surface area contributed by atoms with Gasteiger partial charge < -0.3 is 5.32 Å². The molecule has 2 aromatic carbocycles. The molecule has 0 atom stereocenters. The highest BCUT2D eigenvalue weighted by atomic mass is 32.2. The van der Waals surface area contributed by atoms with E-state index in [1.807, 2.05) is 26.0 Å². The zero-order valence-electron chi connectivity index (χ0n) is 17.7. The number of anilines is 3. The highest BCUT2D eigenvalue weighted by Gasteiger charge is 2.24. The van der Waals surface area contributed by atoms with Crippen LogP contribution in [0.4, 0.5) is 17.1 Å². The van der Waals surface area contributed by atoms with Crippen molar-refractivity contribution in [2.75, 3.05) is 40.0 Å². The molecule has 0 heterocycles. The molecule has 1 amide bonds. The molecule has 0 spiro atoms. The normalized spacial score (nSPS) is 11.9. The molecular formula is C20H27N3O5S2. The van der Waals surface area contributed by atoms with Gasteiger partial charge in [0.05, 0.1) is 23.9 Å². The summed E-state index contributed by atoms with van der Waals surface area (Å²) in [5.74, 6) is -0.477. The van der Waals surface area contributed by atoms with E-state index in [0.29, 0.717) is 17.1 Å². The van der Waals surface area contributed by atoms with Crippen LogP contribution in [0.15, 0.2) is 48.5 Å². The lowest BCUT2D eigenvalue weighted by Crippen LogP contribution is -2.38. The first-order chi connectivity index (χ1) is 13.8. The largest absolute Gasteiger partial charge is 0.324 e. The summed E-state index contributed by atoms with van der Waals surface area (Å²) >= 11 is 0. The van der Waals surface area contributed by atoms with Crippen LogP contribution in [0.5, 0.6) is 0 Å². The molecule has 0 bridgehead atoms. The lowest BCUT2D eigenvalue weighted by Gasteiger charge is -2.25. The van der Waals surface area contributed by atoms with Crippen molar-refractivity contribution < 1.29 is 21.6 Å². The Kier molecular flexibility index (Phi) is 7.14. The molecule has 0 saturated heterocycles. The SMILES string of the molecule is CC(C)c1ccccc1N(CC(=O)Nc1cccc(N(C)S(C)(=O)=O)c1)S(C)(=O)=O. The molecule has 8 nitrogen and oxygen atoms in total. The molecule has 10 heteroatoms. The average molecular weight is 454 g/mol. The molecule has 0 aliphatic heterocycles. The van der Waals surface area contributed by atoms with Crippen LogP contribution in [0.3, 0.4) is 0 Å². The van der Waals surface area contributed by atoms with Crippen LogP contribution in [0.2, 0.25) is 0 Å². The van der Waals surface area contributed by atoms with Gasteiger partial charge in [0.25, 0.3) is 0 Å². The third-order valence-corrected chi connectivity index (χ3v) is 6.84. The van der Waals surface area contributed by atoms with Gasteiger partial charge in [-0.1, -0.05) is 38.1 Å². The average Bonchev–Trinajstić information content (AvgIpc) is 2.64. The number of rotatable bonds is 8. The fourth-order valence-electron chi connectivity index (χ4n) is 2.89. The van der Waals surface area contributed by atoms with Crippen LogP contribution in [-0.4, -0.2) is 48.8 Å². The number of carbonyl (C=O) groups is 1. The first kappa shape index (κ1) is 23.7. The van der Waals surface area contributed by atoms with Gasteiger partial charge in [0, 0.05) is 12.7 Å². The minimum atomic E-state index is -3.72. The summed E-state index contributed by atoms with van der Waals surface area (Å²) in [6.07, 6.45) is 2.13. The lowest BCUT2D eigenvalue weighted by atomic mass is 10.0. The topological polar surface area (TPSA) is 104 Å². The Bertz CT molecular complexity index is 1130. The molecular weight excluding hydrogens is 426 g/mol. The molecule has 0 unspecified atom stereocenters. The number of para-hydroxylation sites is 1. The van der Waals surface area contributed by atoms with Gasteiger partial charge in [-0.2, -0.15) is 0 Å². The second-order valence-electron chi connectivity index (χ2n) is 7.31. The van der Waals surface area contributed by atoms with Gasteiger partial charge in [-0.25, -0.2) is 16.8 Å². The van der Waals surface area contributed by atoms with Crippen LogP contribution in [-0.2, 0) is 24.8 Å². The summed E-state index contributed by atoms with van der Waals surface area (Å²) in [5, 5.41) is 2.64. The molecule has 0 saturated carbocycles. The summed E-state index contributed by atoms with van der Waals surface area (Å²) in [7, 11) is -5.77. The van der Waals surface area contributed by atoms with Crippen molar-refractivity contribution in [3.63, 3.8) is 0 Å². The second kappa shape index (κ2) is 9.05. The molecule has 0 aliphatic rings. The van der Waals surface area contributed by atoms with Crippen LogP contribution >= 0.6 is 0 Å². The zero-order valence-corrected chi connectivity index (χ0v) is 19.3. The van der Waals surface area contributed by atoms with E-state index in [4.69, 9.17) is 0 Å². The van der Waals surface area contributed by atoms with Crippen molar-refractivity contribution in [2.45, 2.75) is 19.8 Å². The molecule has 0 aliphatic carbocycles. The minimum Gasteiger partial charge on any atom is -0.324 e. The van der Waals surface area contributed by atoms with Gasteiger partial charge in [-0.15, -0.1) is 0 Å². The van der Waals surface area contributed by atoms with E-state index in [1.54, 1.807) is 30.3 Å². The predicted molar refractivity (Wildman–Crippen MR) is 121 cm³/mol. The van der Waals surface area contributed by atoms with E-state index < -0.39 is 32.5 Å². The summed E-state index contributed by atoms with van der Waals surface area (Å²) in [4.78, 5) is 12.7. The molecule has 0 fully saturated rings. The summed E-state index contributed by atoms with van der Waals surface area (Å²) in [6.45, 7) is 3.49. The second-order valence-corrected chi connectivity index (χ2v) is 11.2. The number of hydrogen-bond donors (Lipinski definition) is 1. The van der Waals surface area contributed by atoms with Crippen molar-refractivity contribution in [2.24, 2.45) is 0 Å². The van der Waals surface area contributed by atoms with E-state index in [2.05, 4.69) is 5.32 Å². The zero-order chi connectivity index (χ0) is 22.7. The summed E-state index contributed by atoms with van der Waals surface area (Å²) < 4.78 is 50.5. The van der Waals surface area contributed by atoms with Gasteiger partial charge in [0.2, 0.25) is 26.0 Å². The van der Waals surface area contributed by atoms with Gasteiger partial charge in [-0.3, -0.25) is 13.4 Å². The lowest BCUT2D eigenvalue weighted by molar-refractivity contribution is -0.114. The Hall–Kier alpha value is -2.59. The van der Waals surface area contributed by atoms with Crippen molar-refractivity contribution in [3.05, 3.63) is 54.1 Å². The van der Waals surface area contributed by atoms with Crippen LogP contribution in [0.1, 0.15) is 25.3 Å². The van der Waals surface area contributed by atoms with Crippen molar-refractivity contribution in [1.82, 2.24) is 0 Å². The number of hydrogen-bond acceptors (Lipinski definition) is 5. The van der Waals surface area contributed by atoms with E-state index in [0.717, 1.165) is 26.7 Å². The highest BCUT2D eigenvalue weighted by Crippen LogP contribution is 2.29. The van der Waals surface area contributed by atoms with Crippen LogP contribution < -0.4 is 13.9 Å². The Balaban J connectivity index is 2.29. The predicted octanol–water partition coefficient (Wildman–Crippen LogP) is 2.61. The fraction of sp³-hybridized carbons (Fsp3) is 0.350. The number of sulfonamides is 2. The number of carbonyl (C=O) groups excluding carboxylic acids is 1. The monoisotopic (exact) mass is 453 g/mol. The van der Waals surface area contributed by atoms with Crippen LogP contribution in [0, 0.1) is 0 Å². The maximum Gasteiger partial charge on any atom is 0.245 e. The van der Waals surface area contributed by atoms with Gasteiger partial charge in [0.1, 0.15) is 6.54 Å². The van der Waals surface area contributed by atoms with E-state index >= 15 is 0 Å². The maximum absolute atomic E-state index is 12.7. The molecule has 0 radical (unpaired) electrons. The number of benzene rings is 2. The smallest absolute Gasteiger partial charge is 0.245 e. The van der Waals surface area contributed by atoms with Gasteiger partial charge in [0.15, 0.2) is 0 Å². The third kappa shape index (κ3) is 5.96. The summed E-state index contributed by atoms with van der Waals surface area (Å²) in [5.41, 5.74) is 2.00. The van der Waals surface area contributed by atoms with Gasteiger partial charge >= 0.3 is 0 Å². The number of amides is 1. The molecule has 2 rings (SSSR count). The first-order valence-corrected chi connectivity index (χ1v) is 12.9.